The molecule has 3 rings (SSSR count). The Kier molecular flexibility index (Phi) is 15.1. The standard InChI is InChI=1S/C25H18N4.3C2H6/c1-29(2)24-13-11-22(12-14-24)25(17-28)21-9-7-19(8-10-21)18-3-5-20(6-4-18)23(15-26)16-27;3*1-2/h3-14H,1-2H3;3*1-2H3. The number of anilines is 1. The molecule has 0 spiro atoms. The summed E-state index contributed by atoms with van der Waals surface area (Å²) in [7, 11) is 3.96. The maximum Gasteiger partial charge on any atom is 0.136 e. The molecule has 4 heteroatoms. The molecule has 0 fully saturated rings. The van der Waals surface area contributed by atoms with Crippen molar-refractivity contribution in [2.45, 2.75) is 41.5 Å². The SMILES string of the molecule is CC.CC.CC.CN(C)c1ccc(C(C#N)=c2ccc(=c3ccc(=C(C#N)C#N)cc3)cc2)cc1. The molecule has 3 aromatic carbocycles. The van der Waals surface area contributed by atoms with Gasteiger partial charge in [-0.25, -0.2) is 0 Å². The van der Waals surface area contributed by atoms with Gasteiger partial charge in [0.2, 0.25) is 0 Å². The van der Waals surface area contributed by atoms with E-state index >= 15 is 0 Å². The fourth-order valence-corrected chi connectivity index (χ4v) is 3.03. The number of nitrogens with zero attached hydrogens (tertiary/aromatic N) is 4. The summed E-state index contributed by atoms with van der Waals surface area (Å²) in [4.78, 5) is 2.02. The number of benzene rings is 3. The molecule has 180 valence electrons. The van der Waals surface area contributed by atoms with Crippen LogP contribution in [-0.4, -0.2) is 14.1 Å². The van der Waals surface area contributed by atoms with Gasteiger partial charge in [0, 0.05) is 25.0 Å². The molecule has 0 saturated heterocycles. The lowest BCUT2D eigenvalue weighted by Crippen LogP contribution is -2.09. The van der Waals surface area contributed by atoms with Gasteiger partial charge in [-0.05, 0) is 33.4 Å². The average Bonchev–Trinajstić information content (AvgIpc) is 2.94. The molecule has 0 aromatic heterocycles. The summed E-state index contributed by atoms with van der Waals surface area (Å²) in [5.74, 6) is 0. The van der Waals surface area contributed by atoms with Crippen LogP contribution < -0.4 is 15.3 Å². The lowest BCUT2D eigenvalue weighted by molar-refractivity contribution is 1.13. The highest BCUT2D eigenvalue weighted by molar-refractivity contribution is 5.77. The molecule has 0 radical (unpaired) electrons. The van der Waals surface area contributed by atoms with E-state index < -0.39 is 0 Å². The second kappa shape index (κ2) is 17.2. The van der Waals surface area contributed by atoms with E-state index in [0.29, 0.717) is 10.8 Å². The zero-order valence-electron chi connectivity index (χ0n) is 22.2. The first-order valence-corrected chi connectivity index (χ1v) is 12.0. The predicted molar refractivity (Wildman–Crippen MR) is 147 cm³/mol. The third-order valence-corrected chi connectivity index (χ3v) is 4.69. The van der Waals surface area contributed by atoms with Crippen LogP contribution in [0.3, 0.4) is 0 Å². The van der Waals surface area contributed by atoms with E-state index in [9.17, 15) is 5.26 Å². The van der Waals surface area contributed by atoms with Crippen LogP contribution in [0.15, 0.2) is 72.8 Å². The number of hydrogen-bond acceptors (Lipinski definition) is 4. The van der Waals surface area contributed by atoms with Crippen molar-refractivity contribution in [2.24, 2.45) is 0 Å². The third kappa shape index (κ3) is 8.51. The molecular formula is C31H36N4. The first-order valence-electron chi connectivity index (χ1n) is 12.0. The quantitative estimate of drug-likeness (QED) is 0.463. The molecule has 0 heterocycles. The highest BCUT2D eigenvalue weighted by atomic mass is 15.1. The summed E-state index contributed by atoms with van der Waals surface area (Å²) >= 11 is 0. The molecular weight excluding hydrogens is 428 g/mol. The van der Waals surface area contributed by atoms with Gasteiger partial charge in [-0.1, -0.05) is 102 Å². The maximum absolute atomic E-state index is 9.67. The summed E-state index contributed by atoms with van der Waals surface area (Å²) < 4.78 is 0. The van der Waals surface area contributed by atoms with Crippen molar-refractivity contribution in [1.82, 2.24) is 0 Å². The second-order valence-electron chi connectivity index (χ2n) is 6.68. The predicted octanol–water partition coefficient (Wildman–Crippen LogP) is 6.04. The summed E-state index contributed by atoms with van der Waals surface area (Å²) in [5, 5.41) is 31.0. The molecule has 3 aromatic rings. The Balaban J connectivity index is 0.00000179. The molecule has 0 aliphatic heterocycles. The van der Waals surface area contributed by atoms with Crippen LogP contribution in [0.2, 0.25) is 0 Å². The van der Waals surface area contributed by atoms with Crippen molar-refractivity contribution in [1.29, 1.82) is 15.8 Å². The molecule has 0 amide bonds. The van der Waals surface area contributed by atoms with Crippen LogP contribution in [0.25, 0.3) is 11.1 Å². The van der Waals surface area contributed by atoms with E-state index in [2.05, 4.69) is 6.07 Å². The van der Waals surface area contributed by atoms with Crippen LogP contribution >= 0.6 is 0 Å². The smallest absolute Gasteiger partial charge is 0.136 e. The molecule has 0 unspecified atom stereocenters. The van der Waals surface area contributed by atoms with E-state index in [0.717, 1.165) is 26.9 Å². The fraction of sp³-hybridized carbons (Fsp3) is 0.258. The van der Waals surface area contributed by atoms with Crippen LogP contribution in [0.4, 0.5) is 5.69 Å². The normalized spacial score (nSPS) is 8.49. The summed E-state index contributed by atoms with van der Waals surface area (Å²) in [6, 6.07) is 29.1. The fourth-order valence-electron chi connectivity index (χ4n) is 3.03. The Morgan fingerprint density at radius 2 is 0.943 bits per heavy atom. The second-order valence-corrected chi connectivity index (χ2v) is 6.68. The summed E-state index contributed by atoms with van der Waals surface area (Å²) in [5.41, 5.74) is 2.68. The molecule has 0 N–H and O–H groups in total. The van der Waals surface area contributed by atoms with Gasteiger partial charge < -0.3 is 4.90 Å². The molecule has 0 aliphatic rings. The molecule has 0 saturated carbocycles. The average molecular weight is 465 g/mol. The van der Waals surface area contributed by atoms with Crippen molar-refractivity contribution >= 4 is 16.8 Å². The van der Waals surface area contributed by atoms with Crippen LogP contribution in [0.5, 0.6) is 0 Å². The van der Waals surface area contributed by atoms with E-state index in [4.69, 9.17) is 10.5 Å². The molecule has 0 bridgehead atoms. The van der Waals surface area contributed by atoms with E-state index in [-0.39, 0.29) is 5.57 Å². The monoisotopic (exact) mass is 464 g/mol. The molecule has 35 heavy (non-hydrogen) atoms. The molecule has 4 nitrogen and oxygen atoms in total. The van der Waals surface area contributed by atoms with E-state index in [1.54, 1.807) is 12.1 Å². The van der Waals surface area contributed by atoms with Crippen LogP contribution in [0, 0.1) is 44.4 Å². The zero-order valence-corrected chi connectivity index (χ0v) is 22.2. The Bertz CT molecular complexity index is 1330. The van der Waals surface area contributed by atoms with Crippen molar-refractivity contribution in [2.75, 3.05) is 19.0 Å². The Morgan fingerprint density at radius 3 is 1.29 bits per heavy atom. The van der Waals surface area contributed by atoms with Crippen molar-refractivity contribution < 1.29 is 0 Å². The minimum absolute atomic E-state index is 0.0976. The Morgan fingerprint density at radius 1 is 0.543 bits per heavy atom. The van der Waals surface area contributed by atoms with Crippen LogP contribution in [-0.2, 0) is 0 Å². The first-order chi connectivity index (χ1) is 17.1. The van der Waals surface area contributed by atoms with Crippen molar-refractivity contribution in [3.63, 3.8) is 0 Å². The lowest BCUT2D eigenvalue weighted by Gasteiger charge is -2.12. The summed E-state index contributed by atoms with van der Waals surface area (Å²) in [6.07, 6.45) is 0. The number of rotatable bonds is 2. The van der Waals surface area contributed by atoms with Gasteiger partial charge in [0.05, 0.1) is 5.57 Å². The minimum atomic E-state index is 0.0976. The van der Waals surface area contributed by atoms with Gasteiger partial charge in [0.25, 0.3) is 0 Å². The van der Waals surface area contributed by atoms with E-state index in [1.165, 1.54) is 0 Å². The largest absolute Gasteiger partial charge is 0.378 e. The van der Waals surface area contributed by atoms with Crippen molar-refractivity contribution in [3.8, 4) is 18.2 Å². The topological polar surface area (TPSA) is 74.6 Å². The van der Waals surface area contributed by atoms with Gasteiger partial charge in [0.15, 0.2) is 0 Å². The first kappa shape index (κ1) is 30.7. The number of nitriles is 3. The van der Waals surface area contributed by atoms with Gasteiger partial charge in [-0.3, -0.25) is 0 Å². The third-order valence-electron chi connectivity index (χ3n) is 4.69. The van der Waals surface area contributed by atoms with Gasteiger partial charge in [-0.15, -0.1) is 0 Å². The lowest BCUT2D eigenvalue weighted by atomic mass is 10.0. The zero-order chi connectivity index (χ0) is 26.8. The van der Waals surface area contributed by atoms with Gasteiger partial charge >= 0.3 is 0 Å². The van der Waals surface area contributed by atoms with Crippen LogP contribution in [0.1, 0.15) is 47.1 Å². The minimum Gasteiger partial charge on any atom is -0.378 e. The Labute approximate surface area is 210 Å². The highest BCUT2D eigenvalue weighted by Gasteiger charge is 2.03. The molecule has 0 atom stereocenters. The van der Waals surface area contributed by atoms with Gasteiger partial charge in [0.1, 0.15) is 23.8 Å². The number of hydrogen-bond donors (Lipinski definition) is 0. The van der Waals surface area contributed by atoms with Crippen molar-refractivity contribution in [3.05, 3.63) is 99.2 Å². The Hall–Kier alpha value is -4.33. The summed E-state index contributed by atoms with van der Waals surface area (Å²) in [6.45, 7) is 12.0. The highest BCUT2D eigenvalue weighted by Crippen LogP contribution is 2.16. The van der Waals surface area contributed by atoms with E-state index in [1.807, 2.05) is 133 Å². The molecule has 0 aliphatic carbocycles. The maximum atomic E-state index is 9.67. The van der Waals surface area contributed by atoms with Gasteiger partial charge in [-0.2, -0.15) is 15.8 Å².